The SMILES string of the molecule is Cc1ccc(C)c(-n2c(=O)c3ccccc3n3c(SC4CCOC4=O)nnc23)c1. The zero-order chi connectivity index (χ0) is 20.1. The molecule has 0 bridgehead atoms. The molecule has 0 radical (unpaired) electrons. The van der Waals surface area contributed by atoms with Crippen LogP contribution in [0, 0.1) is 13.8 Å². The molecule has 2 aromatic heterocycles. The van der Waals surface area contributed by atoms with E-state index in [0.717, 1.165) is 16.8 Å². The van der Waals surface area contributed by atoms with E-state index >= 15 is 0 Å². The van der Waals surface area contributed by atoms with Gasteiger partial charge in [0.15, 0.2) is 5.16 Å². The lowest BCUT2D eigenvalue weighted by Gasteiger charge is -2.14. The predicted octanol–water partition coefficient (Wildman–Crippen LogP) is 3.06. The molecule has 0 amide bonds. The van der Waals surface area contributed by atoms with Crippen molar-refractivity contribution >= 4 is 34.4 Å². The fraction of sp³-hybridized carbons (Fsp3) is 0.238. The van der Waals surface area contributed by atoms with Crippen LogP contribution in [0.3, 0.4) is 0 Å². The highest BCUT2D eigenvalue weighted by atomic mass is 32.2. The summed E-state index contributed by atoms with van der Waals surface area (Å²) in [7, 11) is 0. The molecule has 2 aromatic carbocycles. The van der Waals surface area contributed by atoms with Crippen molar-refractivity contribution in [3.63, 3.8) is 0 Å². The minimum absolute atomic E-state index is 0.147. The van der Waals surface area contributed by atoms with Crippen LogP contribution >= 0.6 is 11.8 Å². The molecule has 1 aliphatic heterocycles. The molecular formula is C21H18N4O3S. The molecule has 8 heteroatoms. The molecule has 5 rings (SSSR count). The number of carbonyl (C=O) groups is 1. The van der Waals surface area contributed by atoms with E-state index in [1.165, 1.54) is 11.8 Å². The summed E-state index contributed by atoms with van der Waals surface area (Å²) in [5.74, 6) is 0.190. The first-order valence-electron chi connectivity index (χ1n) is 9.34. The molecule has 4 aromatic rings. The van der Waals surface area contributed by atoms with Crippen LogP contribution in [0.5, 0.6) is 0 Å². The summed E-state index contributed by atoms with van der Waals surface area (Å²) in [5, 5.41) is 9.50. The molecule has 0 saturated carbocycles. The maximum Gasteiger partial charge on any atom is 0.319 e. The van der Waals surface area contributed by atoms with Crippen LogP contribution in [0.15, 0.2) is 52.4 Å². The van der Waals surface area contributed by atoms with Crippen LogP contribution in [0.25, 0.3) is 22.4 Å². The van der Waals surface area contributed by atoms with Gasteiger partial charge in [-0.2, -0.15) is 0 Å². The summed E-state index contributed by atoms with van der Waals surface area (Å²) in [6, 6.07) is 13.4. The molecule has 1 atom stereocenters. The number of esters is 1. The normalized spacial score (nSPS) is 16.6. The van der Waals surface area contributed by atoms with E-state index in [1.807, 2.05) is 54.6 Å². The lowest BCUT2D eigenvalue weighted by molar-refractivity contribution is -0.137. The Bertz CT molecular complexity index is 1340. The molecular weight excluding hydrogens is 388 g/mol. The monoisotopic (exact) mass is 406 g/mol. The Kier molecular flexibility index (Phi) is 4.16. The van der Waals surface area contributed by atoms with Crippen LogP contribution in [0.4, 0.5) is 0 Å². The highest BCUT2D eigenvalue weighted by Gasteiger charge is 2.30. The van der Waals surface area contributed by atoms with Gasteiger partial charge in [-0.15, -0.1) is 10.2 Å². The Morgan fingerprint density at radius 1 is 1.10 bits per heavy atom. The standard InChI is InChI=1S/C21H18N4O3S/c1-12-7-8-13(2)16(11-12)24-18(26)14-5-3-4-6-15(14)25-20(24)22-23-21(25)29-17-9-10-28-19(17)27/h3-8,11,17H,9-10H2,1-2H3. The third-order valence-corrected chi connectivity index (χ3v) is 6.32. The highest BCUT2D eigenvalue weighted by molar-refractivity contribution is 8.00. The first-order chi connectivity index (χ1) is 14.0. The molecule has 0 N–H and O–H groups in total. The van der Waals surface area contributed by atoms with E-state index < -0.39 is 0 Å². The van der Waals surface area contributed by atoms with Gasteiger partial charge >= 0.3 is 5.97 Å². The highest BCUT2D eigenvalue weighted by Crippen LogP contribution is 2.30. The Morgan fingerprint density at radius 3 is 2.72 bits per heavy atom. The quantitative estimate of drug-likeness (QED) is 0.487. The summed E-state index contributed by atoms with van der Waals surface area (Å²) >= 11 is 1.33. The summed E-state index contributed by atoms with van der Waals surface area (Å²) in [6.45, 7) is 4.37. The average molecular weight is 406 g/mol. The van der Waals surface area contributed by atoms with E-state index in [2.05, 4.69) is 10.2 Å². The van der Waals surface area contributed by atoms with Gasteiger partial charge in [-0.05, 0) is 43.2 Å². The Labute approximate surface area is 170 Å². The molecule has 1 unspecified atom stereocenters. The van der Waals surface area contributed by atoms with Gasteiger partial charge in [-0.1, -0.05) is 36.0 Å². The Balaban J connectivity index is 1.84. The van der Waals surface area contributed by atoms with Gasteiger partial charge in [0.2, 0.25) is 5.78 Å². The minimum atomic E-state index is -0.317. The number of hydrogen-bond donors (Lipinski definition) is 0. The van der Waals surface area contributed by atoms with Crippen molar-refractivity contribution in [1.29, 1.82) is 0 Å². The van der Waals surface area contributed by atoms with Crippen molar-refractivity contribution in [2.45, 2.75) is 30.7 Å². The van der Waals surface area contributed by atoms with Crippen molar-refractivity contribution < 1.29 is 9.53 Å². The van der Waals surface area contributed by atoms with E-state index in [1.54, 1.807) is 10.6 Å². The molecule has 0 spiro atoms. The molecule has 1 fully saturated rings. The predicted molar refractivity (Wildman–Crippen MR) is 111 cm³/mol. The van der Waals surface area contributed by atoms with E-state index in [4.69, 9.17) is 4.74 Å². The number of ether oxygens (including phenoxy) is 1. The van der Waals surface area contributed by atoms with Crippen LogP contribution < -0.4 is 5.56 Å². The van der Waals surface area contributed by atoms with Crippen molar-refractivity contribution in [3.8, 4) is 5.69 Å². The zero-order valence-electron chi connectivity index (χ0n) is 16.0. The lowest BCUT2D eigenvalue weighted by Crippen LogP contribution is -2.22. The Hall–Kier alpha value is -3.13. The summed E-state index contributed by atoms with van der Waals surface area (Å²) < 4.78 is 8.54. The van der Waals surface area contributed by atoms with Gasteiger partial charge in [0.1, 0.15) is 5.25 Å². The minimum Gasteiger partial charge on any atom is -0.465 e. The van der Waals surface area contributed by atoms with Gasteiger partial charge in [-0.25, -0.2) is 4.57 Å². The van der Waals surface area contributed by atoms with Gasteiger partial charge < -0.3 is 4.74 Å². The maximum atomic E-state index is 13.4. The van der Waals surface area contributed by atoms with Crippen molar-refractivity contribution in [2.75, 3.05) is 6.61 Å². The summed E-state index contributed by atoms with van der Waals surface area (Å²) in [5.41, 5.74) is 3.35. The fourth-order valence-electron chi connectivity index (χ4n) is 3.64. The molecule has 3 heterocycles. The first-order valence-corrected chi connectivity index (χ1v) is 10.2. The molecule has 29 heavy (non-hydrogen) atoms. The largest absolute Gasteiger partial charge is 0.465 e. The maximum absolute atomic E-state index is 13.4. The van der Waals surface area contributed by atoms with Crippen LogP contribution in [-0.2, 0) is 9.53 Å². The average Bonchev–Trinajstić information content (AvgIpc) is 3.32. The number of cyclic esters (lactones) is 1. The lowest BCUT2D eigenvalue weighted by atomic mass is 10.1. The summed E-state index contributed by atoms with van der Waals surface area (Å²) in [4.78, 5) is 25.4. The number of aromatic nitrogens is 4. The van der Waals surface area contributed by atoms with Crippen molar-refractivity contribution in [2.24, 2.45) is 0 Å². The van der Waals surface area contributed by atoms with Crippen molar-refractivity contribution in [1.82, 2.24) is 19.2 Å². The van der Waals surface area contributed by atoms with Gasteiger partial charge in [-0.3, -0.25) is 14.0 Å². The van der Waals surface area contributed by atoms with Crippen LogP contribution in [0.1, 0.15) is 17.5 Å². The van der Waals surface area contributed by atoms with E-state index in [9.17, 15) is 9.59 Å². The second-order valence-electron chi connectivity index (χ2n) is 7.13. The van der Waals surface area contributed by atoms with Gasteiger partial charge in [0.05, 0.1) is 23.2 Å². The number of para-hydroxylation sites is 1. The number of thioether (sulfide) groups is 1. The fourth-order valence-corrected chi connectivity index (χ4v) is 4.65. The molecule has 146 valence electrons. The third kappa shape index (κ3) is 2.82. The first kappa shape index (κ1) is 17.9. The topological polar surface area (TPSA) is 78.5 Å². The van der Waals surface area contributed by atoms with Crippen LogP contribution in [-0.4, -0.2) is 37.0 Å². The number of aryl methyl sites for hydroxylation is 2. The number of hydrogen-bond acceptors (Lipinski definition) is 6. The third-order valence-electron chi connectivity index (χ3n) is 5.14. The van der Waals surface area contributed by atoms with Crippen LogP contribution in [0.2, 0.25) is 0 Å². The number of nitrogens with zero attached hydrogens (tertiary/aromatic N) is 4. The van der Waals surface area contributed by atoms with E-state index in [0.29, 0.717) is 34.9 Å². The second kappa shape index (κ2) is 6.73. The second-order valence-corrected chi connectivity index (χ2v) is 8.30. The Morgan fingerprint density at radius 2 is 1.93 bits per heavy atom. The number of benzene rings is 2. The molecule has 0 aliphatic carbocycles. The van der Waals surface area contributed by atoms with Crippen molar-refractivity contribution in [3.05, 3.63) is 63.9 Å². The number of carbonyl (C=O) groups excluding carboxylic acids is 1. The van der Waals surface area contributed by atoms with E-state index in [-0.39, 0.29) is 16.8 Å². The van der Waals surface area contributed by atoms with Gasteiger partial charge in [0.25, 0.3) is 5.56 Å². The smallest absolute Gasteiger partial charge is 0.319 e. The number of rotatable bonds is 3. The van der Waals surface area contributed by atoms with Gasteiger partial charge in [0, 0.05) is 6.42 Å². The number of fused-ring (bicyclic) bond motifs is 3. The summed E-state index contributed by atoms with van der Waals surface area (Å²) in [6.07, 6.45) is 0.632. The molecule has 1 saturated heterocycles. The molecule has 1 aliphatic rings. The zero-order valence-corrected chi connectivity index (χ0v) is 16.8. The molecule has 7 nitrogen and oxygen atoms in total.